The number of rotatable bonds is 2. The van der Waals surface area contributed by atoms with Crippen molar-refractivity contribution in [1.82, 2.24) is 14.6 Å². The van der Waals surface area contributed by atoms with Crippen LogP contribution in [0.15, 0.2) is 30.3 Å². The number of nitrogens with one attached hydrogen (secondary N) is 2. The van der Waals surface area contributed by atoms with E-state index in [1.807, 2.05) is 37.3 Å². The summed E-state index contributed by atoms with van der Waals surface area (Å²) in [6, 6.07) is 9.34. The minimum atomic E-state index is -0.252. The van der Waals surface area contributed by atoms with Crippen LogP contribution in [0.3, 0.4) is 0 Å². The van der Waals surface area contributed by atoms with Crippen LogP contribution in [0.5, 0.6) is 0 Å². The largest absolute Gasteiger partial charge is 0.304 e. The van der Waals surface area contributed by atoms with E-state index in [0.717, 1.165) is 15.8 Å². The normalized spacial score (nSPS) is 10.7. The number of aromatic amines is 1. The highest BCUT2D eigenvalue weighted by molar-refractivity contribution is 7.06. The second-order valence-electron chi connectivity index (χ2n) is 3.89. The zero-order valence-corrected chi connectivity index (χ0v) is 10.4. The molecule has 0 aliphatic rings. The Bertz CT molecular complexity index is 716. The maximum absolute atomic E-state index is 12.1. The molecule has 3 aromatic rings. The monoisotopic (exact) mass is 258 g/mol. The first kappa shape index (κ1) is 10.9. The summed E-state index contributed by atoms with van der Waals surface area (Å²) in [6.45, 7) is 1.94. The fraction of sp³-hybridized carbons (Fsp3) is 0.0833. The molecule has 0 radical (unpaired) electrons. The quantitative estimate of drug-likeness (QED) is 0.742. The number of amides is 1. The van der Waals surface area contributed by atoms with Crippen molar-refractivity contribution < 1.29 is 4.79 Å². The molecule has 3 rings (SSSR count). The average molecular weight is 258 g/mol. The van der Waals surface area contributed by atoms with Crippen LogP contribution in [0.25, 0.3) is 10.9 Å². The molecule has 0 aliphatic carbocycles. The van der Waals surface area contributed by atoms with Crippen molar-refractivity contribution in [3.8, 4) is 0 Å². The van der Waals surface area contributed by atoms with Gasteiger partial charge >= 0.3 is 0 Å². The van der Waals surface area contributed by atoms with Crippen molar-refractivity contribution in [3.63, 3.8) is 0 Å². The minimum Gasteiger partial charge on any atom is -0.304 e. The van der Waals surface area contributed by atoms with Gasteiger partial charge in [0, 0.05) is 10.3 Å². The summed E-state index contributed by atoms with van der Waals surface area (Å²) in [5, 5.41) is 10.4. The molecule has 0 saturated heterocycles. The predicted octanol–water partition coefficient (Wildman–Crippen LogP) is 2.58. The Morgan fingerprint density at radius 3 is 3.00 bits per heavy atom. The summed E-state index contributed by atoms with van der Waals surface area (Å²) in [5.74, 6) is 0.312. The number of hydrogen-bond donors (Lipinski definition) is 2. The van der Waals surface area contributed by atoms with Crippen LogP contribution in [0.2, 0.25) is 0 Å². The third kappa shape index (κ3) is 1.86. The highest BCUT2D eigenvalue weighted by Gasteiger charge is 2.14. The number of aromatic nitrogens is 3. The molecule has 0 bridgehead atoms. The van der Waals surface area contributed by atoms with Gasteiger partial charge in [0.05, 0.1) is 5.52 Å². The first-order chi connectivity index (χ1) is 8.74. The summed E-state index contributed by atoms with van der Waals surface area (Å²) >= 11 is 1.35. The van der Waals surface area contributed by atoms with Crippen LogP contribution in [0.4, 0.5) is 5.82 Å². The highest BCUT2D eigenvalue weighted by Crippen LogP contribution is 2.18. The number of carbonyl (C=O) groups is 1. The average Bonchev–Trinajstić information content (AvgIpc) is 2.95. The number of carbonyl (C=O) groups excluding carboxylic acids is 1. The standard InChI is InChI=1S/C12H10N4OS/c1-7-6-10(16-18-7)13-12(17)11-8-4-2-3-5-9(8)14-15-11/h2-6H,1H3,(H,14,15)(H,13,16,17). The summed E-state index contributed by atoms with van der Waals surface area (Å²) in [7, 11) is 0. The number of para-hydroxylation sites is 1. The van der Waals surface area contributed by atoms with Gasteiger partial charge in [-0.2, -0.15) is 9.47 Å². The van der Waals surface area contributed by atoms with Gasteiger partial charge in [0.15, 0.2) is 5.69 Å². The predicted molar refractivity (Wildman–Crippen MR) is 70.9 cm³/mol. The van der Waals surface area contributed by atoms with Crippen molar-refractivity contribution in [1.29, 1.82) is 0 Å². The Hall–Kier alpha value is -2.21. The fourth-order valence-electron chi connectivity index (χ4n) is 1.74. The molecule has 1 amide bonds. The molecule has 0 atom stereocenters. The van der Waals surface area contributed by atoms with E-state index in [1.165, 1.54) is 11.5 Å². The van der Waals surface area contributed by atoms with Gasteiger partial charge < -0.3 is 5.32 Å². The second kappa shape index (κ2) is 4.23. The van der Waals surface area contributed by atoms with E-state index >= 15 is 0 Å². The van der Waals surface area contributed by atoms with Gasteiger partial charge in [0.25, 0.3) is 5.91 Å². The molecule has 1 aromatic carbocycles. The first-order valence-corrected chi connectivity index (χ1v) is 6.19. The molecule has 0 spiro atoms. The smallest absolute Gasteiger partial charge is 0.277 e. The van der Waals surface area contributed by atoms with E-state index in [1.54, 1.807) is 0 Å². The van der Waals surface area contributed by atoms with Crippen LogP contribution < -0.4 is 5.32 Å². The molecular formula is C12H10N4OS. The highest BCUT2D eigenvalue weighted by atomic mass is 32.1. The molecule has 2 heterocycles. The molecule has 5 nitrogen and oxygen atoms in total. The maximum Gasteiger partial charge on any atom is 0.277 e. The fourth-order valence-corrected chi connectivity index (χ4v) is 2.24. The number of benzene rings is 1. The van der Waals surface area contributed by atoms with Crippen LogP contribution in [-0.2, 0) is 0 Å². The maximum atomic E-state index is 12.1. The molecule has 2 N–H and O–H groups in total. The van der Waals surface area contributed by atoms with Crippen molar-refractivity contribution in [2.24, 2.45) is 0 Å². The SMILES string of the molecule is Cc1cc(NC(=O)c2n[nH]c3ccccc23)ns1. The van der Waals surface area contributed by atoms with Crippen molar-refractivity contribution in [2.45, 2.75) is 6.92 Å². The lowest BCUT2D eigenvalue weighted by molar-refractivity contribution is 0.102. The van der Waals surface area contributed by atoms with Crippen molar-refractivity contribution in [2.75, 3.05) is 5.32 Å². The van der Waals surface area contributed by atoms with Crippen LogP contribution in [-0.4, -0.2) is 20.5 Å². The number of anilines is 1. The summed E-state index contributed by atoms with van der Waals surface area (Å²) in [4.78, 5) is 13.1. The van der Waals surface area contributed by atoms with Gasteiger partial charge in [-0.1, -0.05) is 18.2 Å². The van der Waals surface area contributed by atoms with E-state index in [0.29, 0.717) is 11.5 Å². The summed E-state index contributed by atoms with van der Waals surface area (Å²) in [5.41, 5.74) is 1.23. The van der Waals surface area contributed by atoms with E-state index < -0.39 is 0 Å². The van der Waals surface area contributed by atoms with Crippen molar-refractivity contribution in [3.05, 3.63) is 40.9 Å². The Kier molecular flexibility index (Phi) is 2.56. The van der Waals surface area contributed by atoms with E-state index in [2.05, 4.69) is 19.9 Å². The molecule has 2 aromatic heterocycles. The zero-order chi connectivity index (χ0) is 12.5. The molecule has 0 aliphatic heterocycles. The third-order valence-electron chi connectivity index (χ3n) is 2.55. The van der Waals surface area contributed by atoms with Crippen LogP contribution in [0.1, 0.15) is 15.4 Å². The summed E-state index contributed by atoms with van der Waals surface area (Å²) < 4.78 is 4.12. The number of fused-ring (bicyclic) bond motifs is 1. The zero-order valence-electron chi connectivity index (χ0n) is 9.60. The molecule has 90 valence electrons. The first-order valence-electron chi connectivity index (χ1n) is 5.42. The number of H-pyrrole nitrogens is 1. The van der Waals surface area contributed by atoms with E-state index in [9.17, 15) is 4.79 Å². The molecule has 0 unspecified atom stereocenters. The van der Waals surface area contributed by atoms with Gasteiger partial charge in [-0.3, -0.25) is 9.89 Å². The lowest BCUT2D eigenvalue weighted by Gasteiger charge is -1.98. The van der Waals surface area contributed by atoms with Gasteiger partial charge in [-0.15, -0.1) is 0 Å². The Balaban J connectivity index is 1.92. The van der Waals surface area contributed by atoms with Crippen molar-refractivity contribution >= 4 is 34.2 Å². The van der Waals surface area contributed by atoms with E-state index in [4.69, 9.17) is 0 Å². The molecule has 0 saturated carbocycles. The number of aryl methyl sites for hydroxylation is 1. The van der Waals surface area contributed by atoms with Gasteiger partial charge in [0.2, 0.25) is 0 Å². The van der Waals surface area contributed by atoms with Gasteiger partial charge in [0.1, 0.15) is 5.82 Å². The topological polar surface area (TPSA) is 70.7 Å². The van der Waals surface area contributed by atoms with E-state index in [-0.39, 0.29) is 5.91 Å². The number of nitrogens with zero attached hydrogens (tertiary/aromatic N) is 2. The summed E-state index contributed by atoms with van der Waals surface area (Å²) in [6.07, 6.45) is 0. The Morgan fingerprint density at radius 1 is 1.39 bits per heavy atom. The molecule has 18 heavy (non-hydrogen) atoms. The van der Waals surface area contributed by atoms with Crippen LogP contribution >= 0.6 is 11.5 Å². The Labute approximate surface area is 107 Å². The Morgan fingerprint density at radius 2 is 2.22 bits per heavy atom. The minimum absolute atomic E-state index is 0.252. The molecule has 0 fully saturated rings. The molecular weight excluding hydrogens is 248 g/mol. The lowest BCUT2D eigenvalue weighted by Crippen LogP contribution is -2.12. The third-order valence-corrected chi connectivity index (χ3v) is 3.25. The number of hydrogen-bond acceptors (Lipinski definition) is 4. The van der Waals surface area contributed by atoms with Gasteiger partial charge in [-0.25, -0.2) is 0 Å². The lowest BCUT2D eigenvalue weighted by atomic mass is 10.2. The second-order valence-corrected chi connectivity index (χ2v) is 4.90. The van der Waals surface area contributed by atoms with Gasteiger partial charge in [-0.05, 0) is 30.6 Å². The van der Waals surface area contributed by atoms with Crippen LogP contribution in [0, 0.1) is 6.92 Å². The molecule has 6 heteroatoms.